The van der Waals surface area contributed by atoms with Gasteiger partial charge in [0, 0.05) is 26.0 Å². The van der Waals surface area contributed by atoms with Crippen molar-refractivity contribution in [2.75, 3.05) is 26.1 Å². The fourth-order valence-corrected chi connectivity index (χ4v) is 1.68. The molecule has 2 rings (SSSR count). The van der Waals surface area contributed by atoms with E-state index < -0.39 is 0 Å². The summed E-state index contributed by atoms with van der Waals surface area (Å²) in [6.07, 6.45) is 1.86. The first-order chi connectivity index (χ1) is 9.19. The summed E-state index contributed by atoms with van der Waals surface area (Å²) in [5.41, 5.74) is 3.18. The average Bonchev–Trinajstić information content (AvgIpc) is 2.46. The molecule has 0 amide bonds. The van der Waals surface area contributed by atoms with Gasteiger partial charge in [-0.3, -0.25) is 4.99 Å². The summed E-state index contributed by atoms with van der Waals surface area (Å²) in [5.74, 6) is 0.842. The lowest BCUT2D eigenvalue weighted by molar-refractivity contribution is 0.415. The van der Waals surface area contributed by atoms with Gasteiger partial charge in [-0.15, -0.1) is 0 Å². The zero-order chi connectivity index (χ0) is 13.7. The van der Waals surface area contributed by atoms with Crippen molar-refractivity contribution >= 4 is 17.6 Å². The van der Waals surface area contributed by atoms with Crippen LogP contribution >= 0.6 is 0 Å². The molecule has 19 heavy (non-hydrogen) atoms. The highest BCUT2D eigenvalue weighted by molar-refractivity contribution is 5.82. The minimum absolute atomic E-state index is 0.842. The normalized spacial score (nSPS) is 10.7. The van der Waals surface area contributed by atoms with Crippen LogP contribution in [-0.2, 0) is 0 Å². The van der Waals surface area contributed by atoms with Crippen LogP contribution < -0.4 is 9.64 Å². The summed E-state index contributed by atoms with van der Waals surface area (Å²) >= 11 is 0. The third-order valence-corrected chi connectivity index (χ3v) is 2.84. The molecule has 0 saturated carbocycles. The minimum atomic E-state index is 0.842. The SMILES string of the molecule is COc1ccc(N=Cc2ccc(N(C)C)cc2)cc1. The van der Waals surface area contributed by atoms with Gasteiger partial charge in [-0.2, -0.15) is 0 Å². The Hall–Kier alpha value is -2.29. The lowest BCUT2D eigenvalue weighted by Crippen LogP contribution is -2.08. The second-order valence-corrected chi connectivity index (χ2v) is 4.44. The molecule has 3 nitrogen and oxygen atoms in total. The Morgan fingerprint density at radius 2 is 1.58 bits per heavy atom. The van der Waals surface area contributed by atoms with Crippen LogP contribution in [0.3, 0.4) is 0 Å². The molecular formula is C16H18N2O. The third-order valence-electron chi connectivity index (χ3n) is 2.84. The molecule has 0 heterocycles. The van der Waals surface area contributed by atoms with Crippen molar-refractivity contribution in [3.63, 3.8) is 0 Å². The average molecular weight is 254 g/mol. The number of anilines is 1. The van der Waals surface area contributed by atoms with Crippen LogP contribution in [0.4, 0.5) is 11.4 Å². The number of hydrogen-bond donors (Lipinski definition) is 0. The van der Waals surface area contributed by atoms with Gasteiger partial charge >= 0.3 is 0 Å². The molecule has 0 saturated heterocycles. The van der Waals surface area contributed by atoms with Gasteiger partial charge in [0.05, 0.1) is 12.8 Å². The molecule has 0 N–H and O–H groups in total. The zero-order valence-electron chi connectivity index (χ0n) is 11.5. The lowest BCUT2D eigenvalue weighted by atomic mass is 10.2. The smallest absolute Gasteiger partial charge is 0.119 e. The summed E-state index contributed by atoms with van der Waals surface area (Å²) in [6.45, 7) is 0. The Balaban J connectivity index is 2.08. The maximum absolute atomic E-state index is 5.11. The van der Waals surface area contributed by atoms with Crippen molar-refractivity contribution in [3.05, 3.63) is 54.1 Å². The molecule has 0 radical (unpaired) electrons. The van der Waals surface area contributed by atoms with Crippen LogP contribution in [-0.4, -0.2) is 27.4 Å². The number of aliphatic imine (C=N–C) groups is 1. The molecule has 0 atom stereocenters. The molecule has 3 heteroatoms. The number of hydrogen-bond acceptors (Lipinski definition) is 3. The molecule has 0 aromatic heterocycles. The molecule has 0 bridgehead atoms. The highest BCUT2D eigenvalue weighted by atomic mass is 16.5. The largest absolute Gasteiger partial charge is 0.497 e. The highest BCUT2D eigenvalue weighted by Gasteiger charge is 1.94. The predicted molar refractivity (Wildman–Crippen MR) is 81.0 cm³/mol. The highest BCUT2D eigenvalue weighted by Crippen LogP contribution is 2.18. The van der Waals surface area contributed by atoms with Crippen LogP contribution in [0, 0.1) is 0 Å². The Morgan fingerprint density at radius 1 is 0.947 bits per heavy atom. The van der Waals surface area contributed by atoms with Crippen molar-refractivity contribution < 1.29 is 4.74 Å². The van der Waals surface area contributed by atoms with Gasteiger partial charge in [0.25, 0.3) is 0 Å². The van der Waals surface area contributed by atoms with Crippen LogP contribution in [0.15, 0.2) is 53.5 Å². The summed E-state index contributed by atoms with van der Waals surface area (Å²) < 4.78 is 5.11. The first-order valence-electron chi connectivity index (χ1n) is 6.14. The number of methoxy groups -OCH3 is 1. The summed E-state index contributed by atoms with van der Waals surface area (Å²) in [7, 11) is 5.71. The van der Waals surface area contributed by atoms with Crippen molar-refractivity contribution in [1.29, 1.82) is 0 Å². The van der Waals surface area contributed by atoms with Crippen molar-refractivity contribution in [2.24, 2.45) is 4.99 Å². The van der Waals surface area contributed by atoms with E-state index in [0.29, 0.717) is 0 Å². The van der Waals surface area contributed by atoms with Gasteiger partial charge in [0.1, 0.15) is 5.75 Å². The van der Waals surface area contributed by atoms with E-state index in [-0.39, 0.29) is 0 Å². The Morgan fingerprint density at radius 3 is 2.11 bits per heavy atom. The van der Waals surface area contributed by atoms with E-state index in [1.54, 1.807) is 7.11 Å². The van der Waals surface area contributed by atoms with E-state index in [1.165, 1.54) is 5.69 Å². The lowest BCUT2D eigenvalue weighted by Gasteiger charge is -2.11. The van der Waals surface area contributed by atoms with E-state index in [0.717, 1.165) is 17.0 Å². The summed E-state index contributed by atoms with van der Waals surface area (Å²) in [6, 6.07) is 16.0. The fraction of sp³-hybridized carbons (Fsp3) is 0.188. The van der Waals surface area contributed by atoms with Gasteiger partial charge in [0.15, 0.2) is 0 Å². The molecule has 0 aliphatic carbocycles. The van der Waals surface area contributed by atoms with E-state index in [1.807, 2.05) is 44.6 Å². The standard InChI is InChI=1S/C16H18N2O/c1-18(2)15-8-4-13(5-9-15)12-17-14-6-10-16(19-3)11-7-14/h4-12H,1-3H3. The molecular weight excluding hydrogens is 236 g/mol. The van der Waals surface area contributed by atoms with Gasteiger partial charge in [0.2, 0.25) is 0 Å². The number of benzene rings is 2. The Kier molecular flexibility index (Phi) is 4.18. The van der Waals surface area contributed by atoms with E-state index in [4.69, 9.17) is 4.74 Å². The van der Waals surface area contributed by atoms with Crippen LogP contribution in [0.1, 0.15) is 5.56 Å². The fourth-order valence-electron chi connectivity index (χ4n) is 1.68. The molecule has 98 valence electrons. The van der Waals surface area contributed by atoms with Gasteiger partial charge in [-0.1, -0.05) is 12.1 Å². The van der Waals surface area contributed by atoms with Crippen LogP contribution in [0.2, 0.25) is 0 Å². The Labute approximate surface area is 114 Å². The molecule has 0 fully saturated rings. The maximum atomic E-state index is 5.11. The predicted octanol–water partition coefficient (Wildman–Crippen LogP) is 3.51. The zero-order valence-corrected chi connectivity index (χ0v) is 11.5. The molecule has 0 unspecified atom stereocenters. The van der Waals surface area contributed by atoms with E-state index in [2.05, 4.69) is 34.2 Å². The second-order valence-electron chi connectivity index (χ2n) is 4.44. The topological polar surface area (TPSA) is 24.8 Å². The van der Waals surface area contributed by atoms with Crippen LogP contribution in [0.25, 0.3) is 0 Å². The Bertz CT molecular complexity index is 542. The molecule has 0 aliphatic heterocycles. The van der Waals surface area contributed by atoms with Gasteiger partial charge < -0.3 is 9.64 Å². The second kappa shape index (κ2) is 6.05. The minimum Gasteiger partial charge on any atom is -0.497 e. The summed E-state index contributed by atoms with van der Waals surface area (Å²) in [4.78, 5) is 6.51. The van der Waals surface area contributed by atoms with Gasteiger partial charge in [-0.05, 0) is 42.0 Å². The number of ether oxygens (including phenoxy) is 1. The quantitative estimate of drug-likeness (QED) is 0.780. The first kappa shape index (κ1) is 13.1. The summed E-state index contributed by atoms with van der Waals surface area (Å²) in [5, 5.41) is 0. The molecule has 2 aromatic rings. The third kappa shape index (κ3) is 3.58. The van der Waals surface area contributed by atoms with Crippen molar-refractivity contribution in [2.45, 2.75) is 0 Å². The first-order valence-corrected chi connectivity index (χ1v) is 6.14. The molecule has 0 spiro atoms. The molecule has 0 aliphatic rings. The maximum Gasteiger partial charge on any atom is 0.119 e. The van der Waals surface area contributed by atoms with Crippen LogP contribution in [0.5, 0.6) is 5.75 Å². The number of rotatable bonds is 4. The molecule has 2 aromatic carbocycles. The van der Waals surface area contributed by atoms with E-state index >= 15 is 0 Å². The number of nitrogens with zero attached hydrogens (tertiary/aromatic N) is 2. The van der Waals surface area contributed by atoms with E-state index in [9.17, 15) is 0 Å². The monoisotopic (exact) mass is 254 g/mol. The van der Waals surface area contributed by atoms with Crippen molar-refractivity contribution in [1.82, 2.24) is 0 Å². The van der Waals surface area contributed by atoms with Gasteiger partial charge in [-0.25, -0.2) is 0 Å². The van der Waals surface area contributed by atoms with Crippen molar-refractivity contribution in [3.8, 4) is 5.75 Å².